The van der Waals surface area contributed by atoms with Gasteiger partial charge in [-0.1, -0.05) is 13.8 Å². The van der Waals surface area contributed by atoms with Gasteiger partial charge in [-0.25, -0.2) is 0 Å². The zero-order valence-electron chi connectivity index (χ0n) is 7.64. The molecule has 70 valence electrons. The van der Waals surface area contributed by atoms with Crippen molar-refractivity contribution in [1.82, 2.24) is 5.32 Å². The van der Waals surface area contributed by atoms with E-state index in [1.165, 1.54) is 12.8 Å². The Bertz CT molecular complexity index is 162. The van der Waals surface area contributed by atoms with Crippen molar-refractivity contribution < 1.29 is 4.79 Å². The van der Waals surface area contributed by atoms with E-state index in [0.29, 0.717) is 17.9 Å². The van der Waals surface area contributed by atoms with Crippen LogP contribution in [0.3, 0.4) is 0 Å². The summed E-state index contributed by atoms with van der Waals surface area (Å²) in [6, 6.07) is 0.344. The van der Waals surface area contributed by atoms with Crippen molar-refractivity contribution in [3.05, 3.63) is 0 Å². The van der Waals surface area contributed by atoms with Crippen molar-refractivity contribution in [2.45, 2.75) is 32.7 Å². The Morgan fingerprint density at radius 1 is 1.42 bits per heavy atom. The van der Waals surface area contributed by atoms with Gasteiger partial charge in [-0.2, -0.15) is 0 Å². The average molecular weight is 190 g/mol. The summed E-state index contributed by atoms with van der Waals surface area (Å²) in [6.07, 6.45) is 2.43. The molecule has 1 rings (SSSR count). The highest BCUT2D eigenvalue weighted by molar-refractivity contribution is 6.27. The van der Waals surface area contributed by atoms with E-state index in [2.05, 4.69) is 19.2 Å². The van der Waals surface area contributed by atoms with Crippen molar-refractivity contribution in [3.63, 3.8) is 0 Å². The number of halogens is 1. The Balaban J connectivity index is 2.44. The van der Waals surface area contributed by atoms with Gasteiger partial charge < -0.3 is 5.32 Å². The van der Waals surface area contributed by atoms with Gasteiger partial charge in [0.15, 0.2) is 0 Å². The maximum atomic E-state index is 11.0. The standard InChI is InChI=1S/C9H16ClNO/c1-6-3-4-7(2)9(6)11-8(12)5-10/h6-7,9H,3-5H2,1-2H3,(H,11,12). The maximum Gasteiger partial charge on any atom is 0.235 e. The number of nitrogens with one attached hydrogen (secondary N) is 1. The molecule has 0 radical (unpaired) electrons. The van der Waals surface area contributed by atoms with E-state index in [0.717, 1.165) is 0 Å². The minimum Gasteiger partial charge on any atom is -0.352 e. The van der Waals surface area contributed by atoms with Crippen molar-refractivity contribution in [3.8, 4) is 0 Å². The van der Waals surface area contributed by atoms with E-state index < -0.39 is 0 Å². The van der Waals surface area contributed by atoms with Gasteiger partial charge in [-0.3, -0.25) is 4.79 Å². The number of hydrogen-bond donors (Lipinski definition) is 1. The summed E-state index contributed by atoms with van der Waals surface area (Å²) in [7, 11) is 0. The number of amides is 1. The third-order valence-corrected chi connectivity index (χ3v) is 3.00. The highest BCUT2D eigenvalue weighted by atomic mass is 35.5. The molecule has 0 aromatic rings. The fourth-order valence-electron chi connectivity index (χ4n) is 1.95. The molecule has 1 N–H and O–H groups in total. The summed E-state index contributed by atoms with van der Waals surface area (Å²) in [5.74, 6) is 1.25. The molecule has 0 heterocycles. The second kappa shape index (κ2) is 4.13. The highest BCUT2D eigenvalue weighted by Gasteiger charge is 2.30. The van der Waals surface area contributed by atoms with Gasteiger partial charge in [0.05, 0.1) is 0 Å². The van der Waals surface area contributed by atoms with Crippen molar-refractivity contribution in [2.24, 2.45) is 11.8 Å². The maximum absolute atomic E-state index is 11.0. The third-order valence-electron chi connectivity index (χ3n) is 2.75. The number of carbonyl (C=O) groups is 1. The van der Waals surface area contributed by atoms with Crippen LogP contribution in [0, 0.1) is 11.8 Å². The van der Waals surface area contributed by atoms with Crippen LogP contribution in [0.4, 0.5) is 0 Å². The molecular formula is C9H16ClNO. The Kier molecular flexibility index (Phi) is 3.39. The van der Waals surface area contributed by atoms with Gasteiger partial charge >= 0.3 is 0 Å². The lowest BCUT2D eigenvalue weighted by Gasteiger charge is -2.20. The van der Waals surface area contributed by atoms with Crippen LogP contribution >= 0.6 is 11.6 Å². The molecule has 0 aromatic carbocycles. The van der Waals surface area contributed by atoms with Gasteiger partial charge in [0.1, 0.15) is 5.88 Å². The summed E-state index contributed by atoms with van der Waals surface area (Å²) in [5, 5.41) is 2.96. The molecule has 1 saturated carbocycles. The highest BCUT2D eigenvalue weighted by Crippen LogP contribution is 2.30. The third kappa shape index (κ3) is 2.13. The van der Waals surface area contributed by atoms with Crippen LogP contribution in [-0.2, 0) is 4.79 Å². The first-order chi connectivity index (χ1) is 5.65. The van der Waals surface area contributed by atoms with E-state index in [4.69, 9.17) is 11.6 Å². The van der Waals surface area contributed by atoms with Crippen LogP contribution in [-0.4, -0.2) is 17.8 Å². The summed E-state index contributed by atoms with van der Waals surface area (Å²) < 4.78 is 0. The Labute approximate surface area is 78.7 Å². The monoisotopic (exact) mass is 189 g/mol. The van der Waals surface area contributed by atoms with E-state index >= 15 is 0 Å². The molecule has 1 amide bonds. The first-order valence-corrected chi connectivity index (χ1v) is 5.04. The largest absolute Gasteiger partial charge is 0.352 e. The molecule has 3 heteroatoms. The van der Waals surface area contributed by atoms with Crippen molar-refractivity contribution in [1.29, 1.82) is 0 Å². The Morgan fingerprint density at radius 3 is 2.33 bits per heavy atom. The average Bonchev–Trinajstić information content (AvgIpc) is 2.35. The van der Waals surface area contributed by atoms with Crippen LogP contribution in [0.1, 0.15) is 26.7 Å². The zero-order chi connectivity index (χ0) is 9.14. The first kappa shape index (κ1) is 9.85. The second-order valence-electron chi connectivity index (χ2n) is 3.76. The molecule has 2 unspecified atom stereocenters. The van der Waals surface area contributed by atoms with Crippen molar-refractivity contribution in [2.75, 3.05) is 5.88 Å². The molecule has 1 aliphatic rings. The number of hydrogen-bond acceptors (Lipinski definition) is 1. The SMILES string of the molecule is CC1CCC(C)C1NC(=O)CCl. The zero-order valence-corrected chi connectivity index (χ0v) is 8.40. The van der Waals surface area contributed by atoms with Crippen molar-refractivity contribution >= 4 is 17.5 Å². The van der Waals surface area contributed by atoms with Gasteiger partial charge in [-0.15, -0.1) is 11.6 Å². The predicted octanol–water partition coefficient (Wildman–Crippen LogP) is 1.78. The molecule has 0 bridgehead atoms. The molecule has 1 fully saturated rings. The Hall–Kier alpha value is -0.240. The lowest BCUT2D eigenvalue weighted by atomic mass is 10.0. The quantitative estimate of drug-likeness (QED) is 0.660. The lowest BCUT2D eigenvalue weighted by Crippen LogP contribution is -2.40. The molecular weight excluding hydrogens is 174 g/mol. The molecule has 12 heavy (non-hydrogen) atoms. The van der Waals surface area contributed by atoms with Gasteiger partial charge in [-0.05, 0) is 24.7 Å². The van der Waals surface area contributed by atoms with Crippen LogP contribution in [0.5, 0.6) is 0 Å². The van der Waals surface area contributed by atoms with Crippen LogP contribution < -0.4 is 5.32 Å². The second-order valence-corrected chi connectivity index (χ2v) is 4.03. The fourth-order valence-corrected chi connectivity index (χ4v) is 2.03. The number of carbonyl (C=O) groups excluding carboxylic acids is 1. The summed E-state index contributed by atoms with van der Waals surface area (Å²) in [5.41, 5.74) is 0. The predicted molar refractivity (Wildman–Crippen MR) is 50.2 cm³/mol. The molecule has 0 aromatic heterocycles. The fraction of sp³-hybridized carbons (Fsp3) is 0.889. The van der Waals surface area contributed by atoms with E-state index in [1.54, 1.807) is 0 Å². The normalized spacial score (nSPS) is 35.1. The number of rotatable bonds is 2. The molecule has 0 spiro atoms. The molecule has 2 nitrogen and oxygen atoms in total. The topological polar surface area (TPSA) is 29.1 Å². The summed E-state index contributed by atoms with van der Waals surface area (Å²) in [6.45, 7) is 4.37. The number of alkyl halides is 1. The molecule has 0 aliphatic heterocycles. The van der Waals surface area contributed by atoms with E-state index in [-0.39, 0.29) is 11.8 Å². The summed E-state index contributed by atoms with van der Waals surface area (Å²) >= 11 is 5.41. The van der Waals surface area contributed by atoms with E-state index in [1.807, 2.05) is 0 Å². The molecule has 2 atom stereocenters. The van der Waals surface area contributed by atoms with Gasteiger partial charge in [0.2, 0.25) is 5.91 Å². The van der Waals surface area contributed by atoms with Crippen LogP contribution in [0.2, 0.25) is 0 Å². The van der Waals surface area contributed by atoms with Gasteiger partial charge in [0, 0.05) is 6.04 Å². The minimum atomic E-state index is -0.0396. The Morgan fingerprint density at radius 2 is 1.92 bits per heavy atom. The van der Waals surface area contributed by atoms with E-state index in [9.17, 15) is 4.79 Å². The minimum absolute atomic E-state index is 0.0396. The smallest absolute Gasteiger partial charge is 0.235 e. The molecule has 1 aliphatic carbocycles. The summed E-state index contributed by atoms with van der Waals surface area (Å²) in [4.78, 5) is 11.0. The first-order valence-electron chi connectivity index (χ1n) is 4.50. The van der Waals surface area contributed by atoms with Gasteiger partial charge in [0.25, 0.3) is 0 Å². The van der Waals surface area contributed by atoms with Crippen LogP contribution in [0.15, 0.2) is 0 Å². The van der Waals surface area contributed by atoms with Crippen LogP contribution in [0.25, 0.3) is 0 Å². The lowest BCUT2D eigenvalue weighted by molar-refractivity contribution is -0.119. The molecule has 0 saturated heterocycles.